The Morgan fingerprint density at radius 2 is 0.650 bits per heavy atom. The topological polar surface area (TPSA) is 102 Å². The summed E-state index contributed by atoms with van der Waals surface area (Å²) in [6, 6.07) is 26.3. The Morgan fingerprint density at radius 3 is 0.967 bits per heavy atom. The first-order valence-corrected chi connectivity index (χ1v) is 23.0. The first-order valence-electron chi connectivity index (χ1n) is 23.0. The zero-order valence-corrected chi connectivity index (χ0v) is 36.6. The lowest BCUT2D eigenvalue weighted by molar-refractivity contribution is 0.301. The predicted octanol–water partition coefficient (Wildman–Crippen LogP) is 14.7. The van der Waals surface area contributed by atoms with Crippen LogP contribution in [0.1, 0.15) is 153 Å². The highest BCUT2D eigenvalue weighted by Gasteiger charge is 2.05. The van der Waals surface area contributed by atoms with E-state index in [1.807, 2.05) is 72.8 Å². The summed E-state index contributed by atoms with van der Waals surface area (Å²) in [7, 11) is 0. The number of phenolic OH excluding ortho intramolecular Hbond substituents is 2. The molecule has 0 unspecified atom stereocenters. The van der Waals surface area contributed by atoms with Gasteiger partial charge >= 0.3 is 0 Å². The second kappa shape index (κ2) is 30.1. The van der Waals surface area contributed by atoms with Crippen LogP contribution in [-0.2, 0) is 0 Å². The number of hydrogen-bond donors (Lipinski definition) is 2. The highest BCUT2D eigenvalue weighted by Crippen LogP contribution is 2.26. The maximum atomic E-state index is 10.5. The third-order valence-electron chi connectivity index (χ3n) is 10.5. The van der Waals surface area contributed by atoms with Gasteiger partial charge in [0, 0.05) is 35.7 Å². The largest absolute Gasteiger partial charge is 0.507 e. The minimum absolute atomic E-state index is 0.164. The van der Waals surface area contributed by atoms with E-state index < -0.39 is 0 Å². The van der Waals surface area contributed by atoms with E-state index in [0.717, 1.165) is 48.6 Å². The molecule has 8 nitrogen and oxygen atoms in total. The molecule has 0 aliphatic carbocycles. The molecule has 0 saturated carbocycles. The molecule has 326 valence electrons. The van der Waals surface area contributed by atoms with E-state index in [-0.39, 0.29) is 11.5 Å². The third kappa shape index (κ3) is 20.3. The lowest BCUT2D eigenvalue weighted by Crippen LogP contribution is -1.98. The molecule has 0 heterocycles. The Kier molecular flexibility index (Phi) is 23.9. The van der Waals surface area contributed by atoms with Crippen molar-refractivity contribution in [3.05, 3.63) is 96.1 Å². The fourth-order valence-corrected chi connectivity index (χ4v) is 6.78. The van der Waals surface area contributed by atoms with Gasteiger partial charge in [0.15, 0.2) is 0 Å². The summed E-state index contributed by atoms with van der Waals surface area (Å²) in [4.78, 5) is 9.05. The first kappa shape index (κ1) is 47.7. The molecule has 4 aromatic carbocycles. The summed E-state index contributed by atoms with van der Waals surface area (Å²) in [6.07, 6.45) is 27.3. The molecule has 0 aliphatic rings. The summed E-state index contributed by atoms with van der Waals surface area (Å²) in [6.45, 7) is 7.22. The Hall–Kier alpha value is -4.98. The summed E-state index contributed by atoms with van der Waals surface area (Å²) < 4.78 is 23.5. The predicted molar refractivity (Wildman–Crippen MR) is 249 cm³/mol. The van der Waals surface area contributed by atoms with E-state index in [1.54, 1.807) is 24.6 Å². The van der Waals surface area contributed by atoms with Gasteiger partial charge in [-0.05, 0) is 98.5 Å². The first-order chi connectivity index (χ1) is 29.5. The van der Waals surface area contributed by atoms with Crippen molar-refractivity contribution in [2.45, 2.75) is 142 Å². The van der Waals surface area contributed by atoms with Gasteiger partial charge < -0.3 is 29.2 Å². The maximum absolute atomic E-state index is 10.5. The standard InChI is InChI=1S/C52H72N2O6/c1-3-5-7-9-15-21-37-59-49-29-23-43(51(55)39-49)41-53-45-25-31-47(32-26-45)57-35-19-17-13-11-12-14-18-20-36-58-48-33-27-46(28-34-48)54-42-44-24-30-50(40-52(44)56)60-38-22-16-10-8-6-4-2/h23-34,39-42,55-56H,3-22,35-38H2,1-2H3. The normalized spacial score (nSPS) is 11.4. The van der Waals surface area contributed by atoms with Gasteiger partial charge in [-0.3, -0.25) is 9.98 Å². The number of aliphatic imine (C=N–C) groups is 2. The van der Waals surface area contributed by atoms with Crippen LogP contribution in [0.2, 0.25) is 0 Å². The van der Waals surface area contributed by atoms with E-state index in [4.69, 9.17) is 18.9 Å². The molecule has 0 amide bonds. The van der Waals surface area contributed by atoms with Gasteiger partial charge in [0.2, 0.25) is 0 Å². The molecule has 0 spiro atoms. The molecule has 0 aliphatic heterocycles. The van der Waals surface area contributed by atoms with Crippen LogP contribution < -0.4 is 18.9 Å². The molecule has 8 heteroatoms. The Morgan fingerprint density at radius 1 is 0.367 bits per heavy atom. The van der Waals surface area contributed by atoms with E-state index >= 15 is 0 Å². The van der Waals surface area contributed by atoms with Crippen LogP contribution in [0, 0.1) is 0 Å². The summed E-state index contributed by atoms with van der Waals surface area (Å²) in [5.41, 5.74) is 2.92. The van der Waals surface area contributed by atoms with Gasteiger partial charge in [-0.15, -0.1) is 0 Å². The molecule has 0 bridgehead atoms. The van der Waals surface area contributed by atoms with Crippen molar-refractivity contribution >= 4 is 23.8 Å². The Bertz CT molecular complexity index is 1640. The van der Waals surface area contributed by atoms with E-state index in [9.17, 15) is 10.2 Å². The maximum Gasteiger partial charge on any atom is 0.128 e. The Labute approximate surface area is 361 Å². The average Bonchev–Trinajstić information content (AvgIpc) is 3.26. The van der Waals surface area contributed by atoms with Gasteiger partial charge in [0.1, 0.15) is 34.5 Å². The second-order valence-electron chi connectivity index (χ2n) is 15.7. The molecule has 0 fully saturated rings. The van der Waals surface area contributed by atoms with Crippen LogP contribution in [0.25, 0.3) is 0 Å². The van der Waals surface area contributed by atoms with Gasteiger partial charge in [-0.1, -0.05) is 117 Å². The van der Waals surface area contributed by atoms with Crippen molar-refractivity contribution in [1.82, 2.24) is 0 Å². The second-order valence-corrected chi connectivity index (χ2v) is 15.7. The van der Waals surface area contributed by atoms with E-state index in [0.29, 0.717) is 49.1 Å². The van der Waals surface area contributed by atoms with E-state index in [2.05, 4.69) is 23.8 Å². The van der Waals surface area contributed by atoms with Crippen LogP contribution >= 0.6 is 0 Å². The van der Waals surface area contributed by atoms with Crippen molar-refractivity contribution in [2.75, 3.05) is 26.4 Å². The van der Waals surface area contributed by atoms with Crippen LogP contribution in [0.15, 0.2) is 94.9 Å². The zero-order chi connectivity index (χ0) is 42.3. The van der Waals surface area contributed by atoms with E-state index in [1.165, 1.54) is 103 Å². The summed E-state index contributed by atoms with van der Waals surface area (Å²) >= 11 is 0. The number of phenols is 2. The van der Waals surface area contributed by atoms with Crippen molar-refractivity contribution in [3.8, 4) is 34.5 Å². The molecule has 0 aromatic heterocycles. The number of unbranched alkanes of at least 4 members (excludes halogenated alkanes) is 17. The monoisotopic (exact) mass is 821 g/mol. The third-order valence-corrected chi connectivity index (χ3v) is 10.5. The minimum atomic E-state index is 0.164. The number of nitrogens with zero attached hydrogens (tertiary/aromatic N) is 2. The van der Waals surface area contributed by atoms with Crippen LogP contribution in [-0.4, -0.2) is 49.1 Å². The molecule has 2 N–H and O–H groups in total. The molecule has 0 radical (unpaired) electrons. The number of rotatable bonds is 33. The molecular weight excluding hydrogens is 749 g/mol. The van der Waals surface area contributed by atoms with Gasteiger partial charge in [0.05, 0.1) is 37.8 Å². The molecular formula is C52H72N2O6. The van der Waals surface area contributed by atoms with Gasteiger partial charge in [-0.2, -0.15) is 0 Å². The molecule has 0 atom stereocenters. The molecule has 4 rings (SSSR count). The van der Waals surface area contributed by atoms with Crippen molar-refractivity contribution in [3.63, 3.8) is 0 Å². The smallest absolute Gasteiger partial charge is 0.128 e. The number of benzene rings is 4. The molecule has 4 aromatic rings. The fourth-order valence-electron chi connectivity index (χ4n) is 6.78. The fraction of sp³-hybridized carbons (Fsp3) is 0.500. The van der Waals surface area contributed by atoms with Gasteiger partial charge in [0.25, 0.3) is 0 Å². The molecule has 60 heavy (non-hydrogen) atoms. The lowest BCUT2D eigenvalue weighted by atomic mass is 10.1. The Balaban J connectivity index is 0.976. The van der Waals surface area contributed by atoms with Crippen molar-refractivity contribution in [1.29, 1.82) is 0 Å². The minimum Gasteiger partial charge on any atom is -0.507 e. The summed E-state index contributed by atoms with van der Waals surface area (Å²) in [5.74, 6) is 3.39. The SMILES string of the molecule is CCCCCCCCOc1ccc(C=Nc2ccc(OCCCCCCCCCCOc3ccc(N=Cc4ccc(OCCCCCCCC)cc4O)cc3)cc2)c(O)c1. The van der Waals surface area contributed by atoms with Crippen LogP contribution in [0.4, 0.5) is 11.4 Å². The number of hydrogen-bond acceptors (Lipinski definition) is 8. The lowest BCUT2D eigenvalue weighted by Gasteiger charge is -2.08. The highest BCUT2D eigenvalue weighted by atomic mass is 16.5. The quantitative estimate of drug-likeness (QED) is 0.0367. The van der Waals surface area contributed by atoms with Crippen molar-refractivity contribution < 1.29 is 29.2 Å². The van der Waals surface area contributed by atoms with Crippen LogP contribution in [0.5, 0.6) is 34.5 Å². The number of aromatic hydroxyl groups is 2. The summed E-state index contributed by atoms with van der Waals surface area (Å²) in [5, 5.41) is 20.9. The van der Waals surface area contributed by atoms with Crippen LogP contribution in [0.3, 0.4) is 0 Å². The number of ether oxygens (including phenoxy) is 4. The highest BCUT2D eigenvalue weighted by molar-refractivity contribution is 5.86. The van der Waals surface area contributed by atoms with Gasteiger partial charge in [-0.25, -0.2) is 0 Å². The average molecular weight is 821 g/mol. The molecule has 0 saturated heterocycles. The van der Waals surface area contributed by atoms with Crippen molar-refractivity contribution in [2.24, 2.45) is 9.98 Å². The zero-order valence-electron chi connectivity index (χ0n) is 36.6.